The first kappa shape index (κ1) is 23.6. The van der Waals surface area contributed by atoms with E-state index in [1.807, 2.05) is 69.7 Å². The highest BCUT2D eigenvalue weighted by atomic mass is 16.1. The fraction of sp³-hybridized carbons (Fsp3) is 0.161. The molecule has 0 saturated carbocycles. The third-order valence-electron chi connectivity index (χ3n) is 6.52. The summed E-state index contributed by atoms with van der Waals surface area (Å²) in [6, 6.07) is 20.6. The molecule has 38 heavy (non-hydrogen) atoms. The zero-order valence-electron chi connectivity index (χ0n) is 21.5. The molecule has 0 aliphatic rings. The Morgan fingerprint density at radius 3 is 2.50 bits per heavy atom. The molecule has 0 atom stereocenters. The molecule has 0 radical (unpaired) electrons. The van der Waals surface area contributed by atoms with Crippen LogP contribution in [0.5, 0.6) is 0 Å². The molecule has 2 aromatic carbocycles. The van der Waals surface area contributed by atoms with Gasteiger partial charge < -0.3 is 10.3 Å². The van der Waals surface area contributed by atoms with Crippen LogP contribution < -0.4 is 5.32 Å². The first-order valence-corrected chi connectivity index (χ1v) is 12.6. The second-order valence-electron chi connectivity index (χ2n) is 10.8. The lowest BCUT2D eigenvalue weighted by molar-refractivity contribution is -0.117. The van der Waals surface area contributed by atoms with E-state index in [1.165, 1.54) is 0 Å². The lowest BCUT2D eigenvalue weighted by Crippen LogP contribution is -2.19. The van der Waals surface area contributed by atoms with Gasteiger partial charge in [0.15, 0.2) is 0 Å². The van der Waals surface area contributed by atoms with Crippen molar-refractivity contribution in [3.05, 3.63) is 85.5 Å². The SMILES string of the molecule is CC(C)(C)CC(=O)Nc1cncc(-c2ccc3[nH]nc(-c4cc5c(-c6ccncc6)cccc5[nH]4)c3c2)c1. The van der Waals surface area contributed by atoms with Gasteiger partial charge in [-0.05, 0) is 64.6 Å². The van der Waals surface area contributed by atoms with Crippen molar-refractivity contribution in [3.63, 3.8) is 0 Å². The van der Waals surface area contributed by atoms with Crippen LogP contribution in [-0.2, 0) is 4.79 Å². The Bertz CT molecular complexity index is 1780. The van der Waals surface area contributed by atoms with Crippen LogP contribution in [0.25, 0.3) is 55.4 Å². The van der Waals surface area contributed by atoms with Crippen molar-refractivity contribution in [3.8, 4) is 33.6 Å². The number of rotatable bonds is 5. The number of amides is 1. The summed E-state index contributed by atoms with van der Waals surface area (Å²) in [6.45, 7) is 6.14. The minimum Gasteiger partial charge on any atom is -0.353 e. The zero-order chi connectivity index (χ0) is 26.3. The summed E-state index contributed by atoms with van der Waals surface area (Å²) < 4.78 is 0. The molecule has 7 nitrogen and oxygen atoms in total. The number of carbonyl (C=O) groups excluding carboxylic acids is 1. The van der Waals surface area contributed by atoms with E-state index in [-0.39, 0.29) is 11.3 Å². The number of H-pyrrole nitrogens is 2. The molecule has 0 spiro atoms. The molecule has 4 aromatic heterocycles. The van der Waals surface area contributed by atoms with E-state index in [4.69, 9.17) is 0 Å². The van der Waals surface area contributed by atoms with Gasteiger partial charge in [-0.3, -0.25) is 19.9 Å². The van der Waals surface area contributed by atoms with Crippen LogP contribution >= 0.6 is 0 Å². The van der Waals surface area contributed by atoms with Crippen molar-refractivity contribution in [2.24, 2.45) is 5.41 Å². The fourth-order valence-electron chi connectivity index (χ4n) is 4.82. The van der Waals surface area contributed by atoms with E-state index in [2.05, 4.69) is 60.8 Å². The van der Waals surface area contributed by atoms with Crippen molar-refractivity contribution in [2.75, 3.05) is 5.32 Å². The lowest BCUT2D eigenvalue weighted by Gasteiger charge is -2.17. The van der Waals surface area contributed by atoms with Gasteiger partial charge in [0.25, 0.3) is 0 Å². The monoisotopic (exact) mass is 500 g/mol. The Morgan fingerprint density at radius 2 is 1.68 bits per heavy atom. The maximum Gasteiger partial charge on any atom is 0.224 e. The van der Waals surface area contributed by atoms with Crippen LogP contribution in [0.2, 0.25) is 0 Å². The number of carbonyl (C=O) groups is 1. The molecule has 0 bridgehead atoms. The molecule has 0 saturated heterocycles. The molecule has 6 aromatic rings. The van der Waals surface area contributed by atoms with Crippen LogP contribution in [0.3, 0.4) is 0 Å². The Hall–Kier alpha value is -4.78. The number of aromatic amines is 2. The number of fused-ring (bicyclic) bond motifs is 2. The number of benzene rings is 2. The van der Waals surface area contributed by atoms with Crippen LogP contribution in [0, 0.1) is 5.41 Å². The summed E-state index contributed by atoms with van der Waals surface area (Å²) >= 11 is 0. The molecule has 0 unspecified atom stereocenters. The molecular weight excluding hydrogens is 472 g/mol. The summed E-state index contributed by atoms with van der Waals surface area (Å²) in [5, 5.41) is 12.9. The third kappa shape index (κ3) is 4.66. The summed E-state index contributed by atoms with van der Waals surface area (Å²) in [5.74, 6) is -0.0195. The second kappa shape index (κ2) is 9.27. The van der Waals surface area contributed by atoms with Gasteiger partial charge in [-0.25, -0.2) is 0 Å². The van der Waals surface area contributed by atoms with Gasteiger partial charge in [-0.1, -0.05) is 39.0 Å². The molecule has 3 N–H and O–H groups in total. The Kier molecular flexibility index (Phi) is 5.76. The standard InChI is InChI=1S/C31H28N6O/c1-31(2,3)16-29(38)34-22-13-21(17-33-18-22)20-7-8-27-25(14-20)30(37-36-27)28-15-24-23(5-4-6-26(24)35-28)19-9-11-32-12-10-19/h4-15,17-18,35H,16H2,1-3H3,(H,34,38)(H,36,37). The molecule has 0 aliphatic carbocycles. The number of anilines is 1. The van der Waals surface area contributed by atoms with Gasteiger partial charge in [0.2, 0.25) is 5.91 Å². The predicted molar refractivity (Wildman–Crippen MR) is 153 cm³/mol. The minimum atomic E-state index is -0.0838. The van der Waals surface area contributed by atoms with Gasteiger partial charge in [0.05, 0.1) is 23.1 Å². The van der Waals surface area contributed by atoms with Crippen molar-refractivity contribution < 1.29 is 4.79 Å². The minimum absolute atomic E-state index is 0.0195. The molecule has 7 heteroatoms. The Morgan fingerprint density at radius 1 is 0.842 bits per heavy atom. The molecule has 188 valence electrons. The largest absolute Gasteiger partial charge is 0.353 e. The summed E-state index contributed by atoms with van der Waals surface area (Å²) in [7, 11) is 0. The maximum absolute atomic E-state index is 12.4. The number of nitrogens with one attached hydrogen (secondary N) is 3. The van der Waals surface area contributed by atoms with E-state index in [0.29, 0.717) is 12.1 Å². The van der Waals surface area contributed by atoms with Gasteiger partial charge >= 0.3 is 0 Å². The first-order chi connectivity index (χ1) is 18.3. The van der Waals surface area contributed by atoms with Crippen molar-refractivity contribution in [1.29, 1.82) is 0 Å². The fourth-order valence-corrected chi connectivity index (χ4v) is 4.82. The smallest absolute Gasteiger partial charge is 0.224 e. The van der Waals surface area contributed by atoms with Crippen molar-refractivity contribution in [1.82, 2.24) is 25.1 Å². The summed E-state index contributed by atoms with van der Waals surface area (Å²) in [4.78, 5) is 24.5. The first-order valence-electron chi connectivity index (χ1n) is 12.6. The Balaban J connectivity index is 1.36. The Labute approximate surface area is 220 Å². The van der Waals surface area contributed by atoms with Gasteiger partial charge in [0, 0.05) is 46.9 Å². The van der Waals surface area contributed by atoms with E-state index >= 15 is 0 Å². The quantitative estimate of drug-likeness (QED) is 0.233. The molecule has 4 heterocycles. The molecule has 0 aliphatic heterocycles. The number of aromatic nitrogens is 5. The molecule has 6 rings (SSSR count). The number of pyridine rings is 2. The van der Waals surface area contributed by atoms with Gasteiger partial charge in [-0.15, -0.1) is 0 Å². The number of nitrogens with zero attached hydrogens (tertiary/aromatic N) is 3. The third-order valence-corrected chi connectivity index (χ3v) is 6.52. The highest BCUT2D eigenvalue weighted by Gasteiger charge is 2.17. The van der Waals surface area contributed by atoms with Crippen molar-refractivity contribution >= 4 is 33.4 Å². The lowest BCUT2D eigenvalue weighted by atomic mass is 9.92. The van der Waals surface area contributed by atoms with Crippen molar-refractivity contribution in [2.45, 2.75) is 27.2 Å². The van der Waals surface area contributed by atoms with Gasteiger partial charge in [0.1, 0.15) is 5.69 Å². The molecular formula is C31H28N6O. The number of hydrogen-bond acceptors (Lipinski definition) is 4. The van der Waals surface area contributed by atoms with E-state index < -0.39 is 0 Å². The predicted octanol–water partition coefficient (Wildman–Crippen LogP) is 7.21. The second-order valence-corrected chi connectivity index (χ2v) is 10.8. The number of hydrogen-bond donors (Lipinski definition) is 3. The van der Waals surface area contributed by atoms with E-state index in [0.717, 1.165) is 55.4 Å². The zero-order valence-corrected chi connectivity index (χ0v) is 21.5. The van der Waals surface area contributed by atoms with Crippen LogP contribution in [0.15, 0.2) is 85.5 Å². The topological polar surface area (TPSA) is 99.3 Å². The average Bonchev–Trinajstić information content (AvgIpc) is 3.51. The summed E-state index contributed by atoms with van der Waals surface area (Å²) in [6.07, 6.45) is 7.55. The maximum atomic E-state index is 12.4. The van der Waals surface area contributed by atoms with Crippen LogP contribution in [0.4, 0.5) is 5.69 Å². The van der Waals surface area contributed by atoms with E-state index in [9.17, 15) is 4.79 Å². The molecule has 1 amide bonds. The average molecular weight is 501 g/mol. The molecule has 0 fully saturated rings. The van der Waals surface area contributed by atoms with Gasteiger partial charge in [-0.2, -0.15) is 5.10 Å². The normalized spacial score (nSPS) is 11.8. The van der Waals surface area contributed by atoms with Crippen LogP contribution in [0.1, 0.15) is 27.2 Å². The van der Waals surface area contributed by atoms with E-state index in [1.54, 1.807) is 6.20 Å². The summed E-state index contributed by atoms with van der Waals surface area (Å²) in [5.41, 5.74) is 8.55. The highest BCUT2D eigenvalue weighted by molar-refractivity contribution is 6.02. The van der Waals surface area contributed by atoms with Crippen LogP contribution in [-0.4, -0.2) is 31.1 Å². The highest BCUT2D eigenvalue weighted by Crippen LogP contribution is 2.35.